The Bertz CT molecular complexity index is 1060. The number of rotatable bonds is 6. The number of hydrogen-bond donors (Lipinski definition) is 0. The maximum absolute atomic E-state index is 13.3. The fourth-order valence-corrected chi connectivity index (χ4v) is 4.82. The summed E-state index contributed by atoms with van der Waals surface area (Å²) in [4.78, 5) is 35.0. The number of aromatic nitrogens is 1. The minimum absolute atomic E-state index is 0.00695. The molecule has 1 aliphatic carbocycles. The van der Waals surface area contributed by atoms with Crippen LogP contribution in [0.25, 0.3) is 0 Å². The third-order valence-electron chi connectivity index (χ3n) is 7.41. The van der Waals surface area contributed by atoms with Crippen LogP contribution in [0.3, 0.4) is 0 Å². The molecule has 3 fully saturated rings. The monoisotopic (exact) mass is 468 g/mol. The lowest BCUT2D eigenvalue weighted by Gasteiger charge is -2.35. The number of nitrogens with zero attached hydrogens (tertiary/aromatic N) is 4. The van der Waals surface area contributed by atoms with E-state index in [0.717, 1.165) is 24.8 Å². The molecule has 182 valence electrons. The molecule has 0 unspecified atom stereocenters. The van der Waals surface area contributed by atoms with Gasteiger partial charge in [-0.1, -0.05) is 35.5 Å². The van der Waals surface area contributed by atoms with Crippen LogP contribution in [0.15, 0.2) is 40.9 Å². The van der Waals surface area contributed by atoms with E-state index < -0.39 is 6.09 Å². The van der Waals surface area contributed by atoms with E-state index in [0.29, 0.717) is 24.6 Å². The predicted octanol–water partition coefficient (Wildman–Crippen LogP) is 4.50. The molecule has 2 bridgehead atoms. The van der Waals surface area contributed by atoms with Gasteiger partial charge in [0, 0.05) is 25.2 Å². The molecule has 2 aliphatic heterocycles. The van der Waals surface area contributed by atoms with Gasteiger partial charge in [-0.15, -0.1) is 0 Å². The minimum Gasteiger partial charge on any atom is -0.441 e. The molecule has 1 saturated carbocycles. The number of urea groups is 1. The standard InChI is InChI=1S/C25H32N4O5/c1-24(2,3)27(4)23(31)32-16-18-12-19(26-34-18)20-13-25(10-11-25)21-14-28(20)22(30)29(21)33-15-17-8-6-5-7-9-17/h5-9,12,20-21H,10-11,13-16H2,1-4H3/t20-,21-/m0/s1. The minimum atomic E-state index is -0.427. The van der Waals surface area contributed by atoms with Crippen molar-refractivity contribution in [2.75, 3.05) is 13.6 Å². The molecule has 1 spiro atoms. The normalized spacial score (nSPS) is 22.9. The van der Waals surface area contributed by atoms with E-state index in [2.05, 4.69) is 5.16 Å². The summed E-state index contributed by atoms with van der Waals surface area (Å²) in [7, 11) is 1.70. The fourth-order valence-electron chi connectivity index (χ4n) is 4.82. The highest BCUT2D eigenvalue weighted by atomic mass is 16.7. The second-order valence-corrected chi connectivity index (χ2v) is 10.6. The van der Waals surface area contributed by atoms with Crippen molar-refractivity contribution in [3.05, 3.63) is 53.4 Å². The number of carbonyl (C=O) groups excluding carboxylic acids is 2. The maximum Gasteiger partial charge on any atom is 0.410 e. The first-order chi connectivity index (χ1) is 16.2. The summed E-state index contributed by atoms with van der Waals surface area (Å²) in [5, 5.41) is 5.83. The Morgan fingerprint density at radius 2 is 1.97 bits per heavy atom. The van der Waals surface area contributed by atoms with Crippen LogP contribution >= 0.6 is 0 Å². The molecule has 9 nitrogen and oxygen atoms in total. The van der Waals surface area contributed by atoms with Crippen molar-refractivity contribution in [2.24, 2.45) is 5.41 Å². The van der Waals surface area contributed by atoms with Gasteiger partial charge in [0.05, 0.1) is 12.1 Å². The number of hydrogen-bond acceptors (Lipinski definition) is 6. The van der Waals surface area contributed by atoms with Crippen LogP contribution in [-0.2, 0) is 22.8 Å². The molecular formula is C25H32N4O5. The average molecular weight is 469 g/mol. The summed E-state index contributed by atoms with van der Waals surface area (Å²) in [6.45, 7) is 6.78. The molecule has 3 heterocycles. The quantitative estimate of drug-likeness (QED) is 0.620. The van der Waals surface area contributed by atoms with Gasteiger partial charge in [0.2, 0.25) is 0 Å². The molecule has 1 aromatic heterocycles. The molecule has 5 rings (SSSR count). The maximum atomic E-state index is 13.3. The molecule has 9 heteroatoms. The van der Waals surface area contributed by atoms with Crippen LogP contribution in [0.1, 0.15) is 63.1 Å². The van der Waals surface area contributed by atoms with Gasteiger partial charge in [-0.25, -0.2) is 9.59 Å². The molecule has 2 saturated heterocycles. The zero-order valence-electron chi connectivity index (χ0n) is 20.2. The number of piperidine rings is 1. The SMILES string of the molecule is CN(C(=O)OCc1cc([C@@H]2CC3(CC3)[C@@H]3CN2C(=O)N3OCc2ccccc2)no1)C(C)(C)C. The summed E-state index contributed by atoms with van der Waals surface area (Å²) in [5.74, 6) is 0.460. The molecule has 1 aromatic carbocycles. The summed E-state index contributed by atoms with van der Waals surface area (Å²) in [6.07, 6.45) is 2.54. The molecule has 3 amide bonds. The number of carbonyl (C=O) groups is 2. The number of amides is 3. The molecule has 3 aliphatic rings. The third kappa shape index (κ3) is 4.13. The van der Waals surface area contributed by atoms with Crippen molar-refractivity contribution in [3.8, 4) is 0 Å². The second kappa shape index (κ2) is 8.30. The smallest absolute Gasteiger partial charge is 0.410 e. The second-order valence-electron chi connectivity index (χ2n) is 10.6. The summed E-state index contributed by atoms with van der Waals surface area (Å²) in [5.41, 5.74) is 1.44. The summed E-state index contributed by atoms with van der Waals surface area (Å²) in [6, 6.07) is 11.4. The third-order valence-corrected chi connectivity index (χ3v) is 7.41. The van der Waals surface area contributed by atoms with Crippen LogP contribution < -0.4 is 0 Å². The van der Waals surface area contributed by atoms with Crippen molar-refractivity contribution in [1.82, 2.24) is 20.0 Å². The Kier molecular flexibility index (Phi) is 5.55. The first kappa shape index (κ1) is 22.7. The van der Waals surface area contributed by atoms with Gasteiger partial charge in [-0.2, -0.15) is 5.06 Å². The van der Waals surface area contributed by atoms with Crippen molar-refractivity contribution in [2.45, 2.75) is 70.9 Å². The zero-order valence-corrected chi connectivity index (χ0v) is 20.2. The Morgan fingerprint density at radius 1 is 1.24 bits per heavy atom. The number of benzene rings is 1. The predicted molar refractivity (Wildman–Crippen MR) is 122 cm³/mol. The van der Waals surface area contributed by atoms with Crippen LogP contribution in [0.5, 0.6) is 0 Å². The molecule has 34 heavy (non-hydrogen) atoms. The lowest BCUT2D eigenvalue weighted by atomic mass is 9.84. The van der Waals surface area contributed by atoms with Crippen molar-refractivity contribution in [1.29, 1.82) is 0 Å². The number of ether oxygens (including phenoxy) is 1. The molecular weight excluding hydrogens is 436 g/mol. The largest absolute Gasteiger partial charge is 0.441 e. The lowest BCUT2D eigenvalue weighted by molar-refractivity contribution is -0.153. The van der Waals surface area contributed by atoms with Gasteiger partial charge in [0.1, 0.15) is 12.3 Å². The Balaban J connectivity index is 1.26. The average Bonchev–Trinajstić information content (AvgIpc) is 3.30. The Morgan fingerprint density at radius 3 is 2.65 bits per heavy atom. The fraction of sp³-hybridized carbons (Fsp3) is 0.560. The van der Waals surface area contributed by atoms with E-state index in [1.165, 1.54) is 4.90 Å². The molecule has 2 atom stereocenters. The highest BCUT2D eigenvalue weighted by Crippen LogP contribution is 2.61. The Labute approximate surface area is 199 Å². The summed E-state index contributed by atoms with van der Waals surface area (Å²) < 4.78 is 10.9. The van der Waals surface area contributed by atoms with Crippen molar-refractivity contribution >= 4 is 12.1 Å². The van der Waals surface area contributed by atoms with E-state index in [1.54, 1.807) is 18.2 Å². The van der Waals surface area contributed by atoms with Gasteiger partial charge >= 0.3 is 12.1 Å². The van der Waals surface area contributed by atoms with Crippen LogP contribution in [0.4, 0.5) is 9.59 Å². The van der Waals surface area contributed by atoms with Gasteiger partial charge in [-0.05, 0) is 51.0 Å². The van der Waals surface area contributed by atoms with Crippen molar-refractivity contribution < 1.29 is 23.7 Å². The topological polar surface area (TPSA) is 88.4 Å². The van der Waals surface area contributed by atoms with Gasteiger partial charge < -0.3 is 19.1 Å². The van der Waals surface area contributed by atoms with E-state index in [-0.39, 0.29) is 35.7 Å². The van der Waals surface area contributed by atoms with Crippen molar-refractivity contribution in [3.63, 3.8) is 0 Å². The molecule has 0 N–H and O–H groups in total. The van der Waals surface area contributed by atoms with Gasteiger partial charge in [-0.3, -0.25) is 4.84 Å². The molecule has 2 aromatic rings. The Hall–Kier alpha value is -3.07. The first-order valence-corrected chi connectivity index (χ1v) is 11.8. The van der Waals surface area contributed by atoms with E-state index >= 15 is 0 Å². The lowest BCUT2D eigenvalue weighted by Crippen LogP contribution is -2.42. The molecule has 0 radical (unpaired) electrons. The van der Waals surface area contributed by atoms with E-state index in [4.69, 9.17) is 14.1 Å². The number of hydroxylamine groups is 2. The van der Waals surface area contributed by atoms with E-state index in [1.807, 2.05) is 56.0 Å². The van der Waals surface area contributed by atoms with Gasteiger partial charge in [0.25, 0.3) is 0 Å². The van der Waals surface area contributed by atoms with Crippen LogP contribution in [0.2, 0.25) is 0 Å². The zero-order chi connectivity index (χ0) is 24.1. The summed E-state index contributed by atoms with van der Waals surface area (Å²) >= 11 is 0. The van der Waals surface area contributed by atoms with Crippen LogP contribution in [0, 0.1) is 5.41 Å². The highest BCUT2D eigenvalue weighted by Gasteiger charge is 2.63. The highest BCUT2D eigenvalue weighted by molar-refractivity contribution is 5.77. The van der Waals surface area contributed by atoms with E-state index in [9.17, 15) is 9.59 Å². The van der Waals surface area contributed by atoms with Gasteiger partial charge in [0.15, 0.2) is 12.4 Å². The van der Waals surface area contributed by atoms with Crippen LogP contribution in [-0.4, -0.2) is 57.3 Å². The number of fused-ring (bicyclic) bond motifs is 3. The first-order valence-electron chi connectivity index (χ1n) is 11.8.